The van der Waals surface area contributed by atoms with Gasteiger partial charge in [-0.1, -0.05) is 35.6 Å². The Bertz CT molecular complexity index is 1680. The number of nitrogens with one attached hydrogen (secondary N) is 1. The van der Waals surface area contributed by atoms with E-state index >= 15 is 0 Å². The van der Waals surface area contributed by atoms with Crippen LogP contribution in [0.5, 0.6) is 5.88 Å². The molecule has 13 heteroatoms. The maximum absolute atomic E-state index is 13.7. The first-order chi connectivity index (χ1) is 21.4. The maximum Gasteiger partial charge on any atom is 0.416 e. The lowest BCUT2D eigenvalue weighted by molar-refractivity contribution is -0.137. The Morgan fingerprint density at radius 1 is 0.935 bits per heavy atom. The van der Waals surface area contributed by atoms with Gasteiger partial charge in [0.1, 0.15) is 16.1 Å². The second kappa shape index (κ2) is 13.5. The van der Waals surface area contributed by atoms with Gasteiger partial charge >= 0.3 is 18.4 Å². The molecule has 0 aliphatic rings. The highest BCUT2D eigenvalue weighted by Crippen LogP contribution is 2.41. The quantitative estimate of drug-likeness (QED) is 0.203. The molecule has 0 spiro atoms. The molecule has 0 saturated heterocycles. The number of thiazole rings is 1. The van der Waals surface area contributed by atoms with Crippen molar-refractivity contribution in [3.63, 3.8) is 0 Å². The zero-order chi connectivity index (χ0) is 33.9. The normalized spacial score (nSPS) is 12.8. The second-order valence-electron chi connectivity index (χ2n) is 12.6. The summed E-state index contributed by atoms with van der Waals surface area (Å²) in [5.74, 6) is 0.279. The minimum absolute atomic E-state index is 0.0742. The van der Waals surface area contributed by atoms with E-state index in [4.69, 9.17) is 14.2 Å². The molecule has 246 valence electrons. The summed E-state index contributed by atoms with van der Waals surface area (Å²) in [6.07, 6.45) is -2.46. The number of halogens is 3. The van der Waals surface area contributed by atoms with Gasteiger partial charge in [0.25, 0.3) is 0 Å². The third kappa shape index (κ3) is 9.32. The van der Waals surface area contributed by atoms with Crippen LogP contribution in [-0.4, -0.2) is 53.1 Å². The van der Waals surface area contributed by atoms with Crippen LogP contribution >= 0.6 is 11.3 Å². The molecule has 0 radical (unpaired) electrons. The van der Waals surface area contributed by atoms with Gasteiger partial charge in [-0.2, -0.15) is 18.2 Å². The van der Waals surface area contributed by atoms with Crippen LogP contribution in [0.15, 0.2) is 60.9 Å². The van der Waals surface area contributed by atoms with Crippen molar-refractivity contribution >= 4 is 39.4 Å². The van der Waals surface area contributed by atoms with Crippen molar-refractivity contribution < 1.29 is 37.0 Å². The number of benzene rings is 2. The van der Waals surface area contributed by atoms with Crippen LogP contribution in [-0.2, 0) is 22.1 Å². The summed E-state index contributed by atoms with van der Waals surface area (Å²) < 4.78 is 56.4. The van der Waals surface area contributed by atoms with E-state index in [9.17, 15) is 22.8 Å². The molecule has 2 aromatic heterocycles. The number of methoxy groups -OCH3 is 1. The summed E-state index contributed by atoms with van der Waals surface area (Å²) in [5, 5.41) is 4.91. The Morgan fingerprint density at radius 2 is 1.61 bits per heavy atom. The highest BCUT2D eigenvalue weighted by atomic mass is 32.1. The van der Waals surface area contributed by atoms with Crippen molar-refractivity contribution in [2.75, 3.05) is 18.6 Å². The molecule has 2 aromatic carbocycles. The molecular formula is C33H37F3N4O5S. The predicted molar refractivity (Wildman–Crippen MR) is 171 cm³/mol. The highest BCUT2D eigenvalue weighted by Gasteiger charge is 2.33. The first kappa shape index (κ1) is 34.5. The number of pyridine rings is 1. The third-order valence-electron chi connectivity index (χ3n) is 6.41. The summed E-state index contributed by atoms with van der Waals surface area (Å²) in [4.78, 5) is 37.3. The lowest BCUT2D eigenvalue weighted by Gasteiger charge is -2.30. The number of nitrogens with zero attached hydrogens (tertiary/aromatic N) is 3. The van der Waals surface area contributed by atoms with Gasteiger partial charge < -0.3 is 19.5 Å². The molecule has 1 atom stereocenters. The minimum Gasteiger partial charge on any atom is -0.480 e. The Hall–Kier alpha value is -4.39. The Morgan fingerprint density at radius 3 is 2.22 bits per heavy atom. The van der Waals surface area contributed by atoms with Gasteiger partial charge in [-0.15, -0.1) is 0 Å². The van der Waals surface area contributed by atoms with Crippen molar-refractivity contribution in [2.24, 2.45) is 0 Å². The van der Waals surface area contributed by atoms with Crippen molar-refractivity contribution in [3.05, 3.63) is 72.1 Å². The van der Waals surface area contributed by atoms with E-state index in [1.54, 1.807) is 53.9 Å². The fraction of sp³-hybridized carbons (Fsp3) is 0.394. The maximum atomic E-state index is 13.7. The van der Waals surface area contributed by atoms with E-state index < -0.39 is 41.2 Å². The van der Waals surface area contributed by atoms with Crippen LogP contribution < -0.4 is 15.0 Å². The monoisotopic (exact) mass is 658 g/mol. The van der Waals surface area contributed by atoms with E-state index in [0.29, 0.717) is 10.4 Å². The Balaban J connectivity index is 1.73. The number of alkyl halides is 3. The molecule has 0 fully saturated rings. The molecule has 0 saturated carbocycles. The lowest BCUT2D eigenvalue weighted by Crippen LogP contribution is -2.49. The topological polar surface area (TPSA) is 103 Å². The lowest BCUT2D eigenvalue weighted by atomic mass is 10.0. The standard InChI is InChI=1S/C33H37F3N4O5S/c1-31(2,3)44-29(41)38-25(16-20-8-12-24(13-9-20)33(34,35)36)19-40(30(42)45-32(4,5)6)28-39-27(43-7)26(46-28)22-10-11-23-18-37-15-14-21(23)17-22/h8-15,17-18,25H,16,19H2,1-7H3,(H,38,41)/t25-/m1/s1. The van der Waals surface area contributed by atoms with Crippen LogP contribution in [0.1, 0.15) is 52.7 Å². The van der Waals surface area contributed by atoms with Crippen molar-refractivity contribution in [3.8, 4) is 16.3 Å². The first-order valence-corrected chi connectivity index (χ1v) is 15.3. The number of carbonyl (C=O) groups excluding carboxylic acids is 2. The minimum atomic E-state index is -4.50. The summed E-state index contributed by atoms with van der Waals surface area (Å²) in [5.41, 5.74) is -1.18. The first-order valence-electron chi connectivity index (χ1n) is 14.5. The Kier molecular flexibility index (Phi) is 10.1. The summed E-state index contributed by atoms with van der Waals surface area (Å²) in [6.45, 7) is 10.1. The van der Waals surface area contributed by atoms with E-state index in [0.717, 1.165) is 28.5 Å². The van der Waals surface area contributed by atoms with Crippen molar-refractivity contribution in [1.82, 2.24) is 15.3 Å². The van der Waals surface area contributed by atoms with Gasteiger partial charge in [0.2, 0.25) is 5.88 Å². The third-order valence-corrected chi connectivity index (χ3v) is 7.52. The molecular weight excluding hydrogens is 621 g/mol. The smallest absolute Gasteiger partial charge is 0.416 e. The van der Waals surface area contributed by atoms with Crippen molar-refractivity contribution in [2.45, 2.75) is 71.4 Å². The molecule has 9 nitrogen and oxygen atoms in total. The molecule has 0 aliphatic heterocycles. The number of fused-ring (bicyclic) bond motifs is 1. The average molecular weight is 659 g/mol. The number of rotatable bonds is 8. The van der Waals surface area contributed by atoms with Gasteiger partial charge in [0, 0.05) is 17.8 Å². The van der Waals surface area contributed by atoms with Crippen molar-refractivity contribution in [1.29, 1.82) is 0 Å². The van der Waals surface area contributed by atoms with E-state index in [2.05, 4.69) is 15.3 Å². The summed E-state index contributed by atoms with van der Waals surface area (Å²) in [6, 6.07) is 11.5. The van der Waals surface area contributed by atoms with E-state index in [-0.39, 0.29) is 24.0 Å². The molecule has 4 aromatic rings. The fourth-order valence-corrected chi connectivity index (χ4v) is 5.51. The molecule has 0 aliphatic carbocycles. The molecule has 46 heavy (non-hydrogen) atoms. The number of carbonyl (C=O) groups is 2. The van der Waals surface area contributed by atoms with Crippen LogP contribution in [0.25, 0.3) is 21.2 Å². The van der Waals surface area contributed by atoms with E-state index in [1.807, 2.05) is 24.3 Å². The van der Waals surface area contributed by atoms with E-state index in [1.165, 1.54) is 35.5 Å². The number of hydrogen-bond donors (Lipinski definition) is 1. The molecule has 2 amide bonds. The number of amides is 2. The summed E-state index contributed by atoms with van der Waals surface area (Å²) in [7, 11) is 1.47. The van der Waals surface area contributed by atoms with Gasteiger partial charge in [0.05, 0.1) is 25.3 Å². The van der Waals surface area contributed by atoms with Gasteiger partial charge in [-0.25, -0.2) is 9.59 Å². The SMILES string of the molecule is COc1nc(N(C[C@@H](Cc2ccc(C(F)(F)F)cc2)NC(=O)OC(C)(C)C)C(=O)OC(C)(C)C)sc1-c1ccc2cnccc2c1. The van der Waals surface area contributed by atoms with Gasteiger partial charge in [-0.3, -0.25) is 9.88 Å². The van der Waals surface area contributed by atoms with Crippen LogP contribution in [0.2, 0.25) is 0 Å². The molecule has 0 bridgehead atoms. The number of ether oxygens (including phenoxy) is 3. The summed E-state index contributed by atoms with van der Waals surface area (Å²) >= 11 is 1.19. The molecule has 1 N–H and O–H groups in total. The largest absolute Gasteiger partial charge is 0.480 e. The van der Waals surface area contributed by atoms with Gasteiger partial charge in [-0.05, 0) is 88.7 Å². The zero-order valence-electron chi connectivity index (χ0n) is 26.7. The van der Waals surface area contributed by atoms with Crippen LogP contribution in [0, 0.1) is 0 Å². The molecule has 2 heterocycles. The Labute approximate surface area is 269 Å². The fourth-order valence-electron chi connectivity index (χ4n) is 4.47. The predicted octanol–water partition coefficient (Wildman–Crippen LogP) is 8.26. The number of aromatic nitrogens is 2. The van der Waals surface area contributed by atoms with Crippen LogP contribution in [0.3, 0.4) is 0 Å². The highest BCUT2D eigenvalue weighted by molar-refractivity contribution is 7.19. The number of anilines is 1. The number of hydrogen-bond acceptors (Lipinski definition) is 8. The average Bonchev–Trinajstić information content (AvgIpc) is 3.37. The zero-order valence-corrected chi connectivity index (χ0v) is 27.5. The number of alkyl carbamates (subject to hydrolysis) is 1. The molecule has 4 rings (SSSR count). The van der Waals surface area contributed by atoms with Crippen LogP contribution in [0.4, 0.5) is 27.9 Å². The molecule has 0 unspecified atom stereocenters. The second-order valence-corrected chi connectivity index (χ2v) is 13.6. The van der Waals surface area contributed by atoms with Gasteiger partial charge in [0.15, 0.2) is 5.13 Å².